The molecule has 0 spiro atoms. The summed E-state index contributed by atoms with van der Waals surface area (Å²) in [7, 11) is -2.43. The van der Waals surface area contributed by atoms with Crippen molar-refractivity contribution in [3.8, 4) is 0 Å². The first-order valence-electron chi connectivity index (χ1n) is 12.4. The maximum atomic E-state index is 13.5. The van der Waals surface area contributed by atoms with Crippen LogP contribution in [0.1, 0.15) is 50.2 Å². The van der Waals surface area contributed by atoms with E-state index in [1.54, 1.807) is 29.2 Å². The van der Waals surface area contributed by atoms with Gasteiger partial charge in [0.1, 0.15) is 6.04 Å². The van der Waals surface area contributed by atoms with Crippen LogP contribution >= 0.6 is 0 Å². The molecule has 1 N–H and O–H groups in total. The fourth-order valence-corrected chi connectivity index (χ4v) is 5.64. The van der Waals surface area contributed by atoms with Gasteiger partial charge in [-0.2, -0.15) is 4.31 Å². The number of carbonyl (C=O) groups excluding carboxylic acids is 2. The number of likely N-dealkylation sites (N-methyl/N-ethyl adjacent to an activating group) is 1. The standard InChI is InChI=1S/C27H37N3O4S/c1-4-25(27(32)28-23-12-8-9-13-23)30(19-18-22-10-6-5-7-11-22)26(31)20-29(3)35(33,34)24-16-14-21(2)15-17-24/h5-7,10-11,14-17,23,25H,4,8-9,12-13,18-20H2,1-3H3,(H,28,32)/t25-/m1/s1. The van der Waals surface area contributed by atoms with Crippen molar-refractivity contribution in [2.75, 3.05) is 20.1 Å². The van der Waals surface area contributed by atoms with E-state index in [0.717, 1.165) is 41.1 Å². The Bertz CT molecular complexity index is 1080. The summed E-state index contributed by atoms with van der Waals surface area (Å²) in [5.41, 5.74) is 2.01. The molecule has 1 atom stereocenters. The third-order valence-electron chi connectivity index (χ3n) is 6.66. The first-order chi connectivity index (χ1) is 16.7. The zero-order valence-electron chi connectivity index (χ0n) is 20.9. The van der Waals surface area contributed by atoms with Crippen molar-refractivity contribution in [3.05, 3.63) is 65.7 Å². The minimum Gasteiger partial charge on any atom is -0.352 e. The van der Waals surface area contributed by atoms with Gasteiger partial charge in [-0.15, -0.1) is 0 Å². The van der Waals surface area contributed by atoms with Crippen LogP contribution in [0.3, 0.4) is 0 Å². The highest BCUT2D eigenvalue weighted by Gasteiger charge is 2.32. The minimum absolute atomic E-state index is 0.139. The van der Waals surface area contributed by atoms with Crippen LogP contribution in [0.25, 0.3) is 0 Å². The molecule has 1 aliphatic carbocycles. The number of aryl methyl sites for hydroxylation is 1. The van der Waals surface area contributed by atoms with Crippen molar-refractivity contribution in [1.82, 2.24) is 14.5 Å². The van der Waals surface area contributed by atoms with E-state index >= 15 is 0 Å². The Morgan fingerprint density at radius 2 is 1.66 bits per heavy atom. The second-order valence-electron chi connectivity index (χ2n) is 9.31. The Morgan fingerprint density at radius 3 is 2.26 bits per heavy atom. The SMILES string of the molecule is CC[C@H](C(=O)NC1CCCC1)N(CCc1ccccc1)C(=O)CN(C)S(=O)(=O)c1ccc(C)cc1. The molecule has 190 valence electrons. The molecular formula is C27H37N3O4S. The van der Waals surface area contributed by atoms with Gasteiger partial charge in [0.25, 0.3) is 0 Å². The molecule has 2 aromatic carbocycles. The van der Waals surface area contributed by atoms with Crippen LogP contribution < -0.4 is 5.32 Å². The zero-order chi connectivity index (χ0) is 25.4. The van der Waals surface area contributed by atoms with Gasteiger partial charge in [0.2, 0.25) is 21.8 Å². The lowest BCUT2D eigenvalue weighted by Gasteiger charge is -2.32. The molecule has 0 heterocycles. The molecule has 0 unspecified atom stereocenters. The highest BCUT2D eigenvalue weighted by atomic mass is 32.2. The molecule has 0 aliphatic heterocycles. The van der Waals surface area contributed by atoms with E-state index in [0.29, 0.717) is 19.4 Å². The van der Waals surface area contributed by atoms with Crippen molar-refractivity contribution in [1.29, 1.82) is 0 Å². The molecule has 0 aromatic heterocycles. The Hall–Kier alpha value is -2.71. The summed E-state index contributed by atoms with van der Waals surface area (Å²) < 4.78 is 27.2. The van der Waals surface area contributed by atoms with Gasteiger partial charge in [0.15, 0.2) is 0 Å². The van der Waals surface area contributed by atoms with Crippen LogP contribution in [-0.2, 0) is 26.0 Å². The molecule has 1 saturated carbocycles. The number of rotatable bonds is 11. The molecule has 2 aromatic rings. The van der Waals surface area contributed by atoms with E-state index in [1.807, 2.05) is 44.2 Å². The monoisotopic (exact) mass is 499 g/mol. The molecule has 3 rings (SSSR count). The predicted molar refractivity (Wildman–Crippen MR) is 137 cm³/mol. The summed E-state index contributed by atoms with van der Waals surface area (Å²) in [5.74, 6) is -0.544. The Morgan fingerprint density at radius 1 is 1.03 bits per heavy atom. The smallest absolute Gasteiger partial charge is 0.243 e. The van der Waals surface area contributed by atoms with Gasteiger partial charge in [-0.1, -0.05) is 67.8 Å². The maximum Gasteiger partial charge on any atom is 0.243 e. The molecule has 35 heavy (non-hydrogen) atoms. The summed E-state index contributed by atoms with van der Waals surface area (Å²) in [5, 5.41) is 3.11. The van der Waals surface area contributed by atoms with Gasteiger partial charge in [-0.3, -0.25) is 9.59 Å². The lowest BCUT2D eigenvalue weighted by Crippen LogP contribution is -2.54. The average molecular weight is 500 g/mol. The highest BCUT2D eigenvalue weighted by Crippen LogP contribution is 2.19. The number of hydrogen-bond acceptors (Lipinski definition) is 4. The first-order valence-corrected chi connectivity index (χ1v) is 13.8. The van der Waals surface area contributed by atoms with Crippen molar-refractivity contribution in [3.63, 3.8) is 0 Å². The zero-order valence-corrected chi connectivity index (χ0v) is 21.8. The molecule has 1 fully saturated rings. The van der Waals surface area contributed by atoms with Gasteiger partial charge in [0, 0.05) is 19.6 Å². The molecule has 0 saturated heterocycles. The lowest BCUT2D eigenvalue weighted by molar-refractivity contribution is -0.141. The number of nitrogens with zero attached hydrogens (tertiary/aromatic N) is 2. The molecule has 2 amide bonds. The quantitative estimate of drug-likeness (QED) is 0.513. The van der Waals surface area contributed by atoms with E-state index in [4.69, 9.17) is 0 Å². The van der Waals surface area contributed by atoms with Crippen molar-refractivity contribution in [2.45, 2.75) is 69.4 Å². The Labute approximate surface area is 209 Å². The van der Waals surface area contributed by atoms with Gasteiger partial charge < -0.3 is 10.2 Å². The molecule has 8 heteroatoms. The largest absolute Gasteiger partial charge is 0.352 e. The molecule has 7 nitrogen and oxygen atoms in total. The van der Waals surface area contributed by atoms with Crippen LogP contribution in [0.15, 0.2) is 59.5 Å². The first kappa shape index (κ1) is 26.9. The molecule has 0 radical (unpaired) electrons. The third kappa shape index (κ3) is 7.15. The average Bonchev–Trinajstić information content (AvgIpc) is 3.35. The van der Waals surface area contributed by atoms with Crippen LogP contribution in [0, 0.1) is 6.92 Å². The van der Waals surface area contributed by atoms with E-state index < -0.39 is 16.1 Å². The van der Waals surface area contributed by atoms with Crippen LogP contribution in [0.5, 0.6) is 0 Å². The van der Waals surface area contributed by atoms with Crippen molar-refractivity contribution >= 4 is 21.8 Å². The Kier molecular flexibility index (Phi) is 9.46. The van der Waals surface area contributed by atoms with Gasteiger partial charge in [0.05, 0.1) is 11.4 Å². The summed E-state index contributed by atoms with van der Waals surface area (Å²) in [6.45, 7) is 3.76. The normalized spacial score (nSPS) is 15.2. The third-order valence-corrected chi connectivity index (χ3v) is 8.48. The van der Waals surface area contributed by atoms with Crippen LogP contribution in [0.4, 0.5) is 0 Å². The topological polar surface area (TPSA) is 86.8 Å². The minimum atomic E-state index is -3.84. The van der Waals surface area contributed by atoms with Crippen LogP contribution in [0.2, 0.25) is 0 Å². The second-order valence-corrected chi connectivity index (χ2v) is 11.4. The Balaban J connectivity index is 1.78. The van der Waals surface area contributed by atoms with E-state index in [-0.39, 0.29) is 29.3 Å². The van der Waals surface area contributed by atoms with E-state index in [2.05, 4.69) is 5.32 Å². The number of hydrogen-bond donors (Lipinski definition) is 1. The summed E-state index contributed by atoms with van der Waals surface area (Å²) in [6.07, 6.45) is 5.14. The molecular weight excluding hydrogens is 462 g/mol. The fraction of sp³-hybridized carbons (Fsp3) is 0.481. The summed E-state index contributed by atoms with van der Waals surface area (Å²) in [4.78, 5) is 28.4. The van der Waals surface area contributed by atoms with Crippen molar-refractivity contribution in [2.24, 2.45) is 0 Å². The lowest BCUT2D eigenvalue weighted by atomic mass is 10.1. The van der Waals surface area contributed by atoms with E-state index in [9.17, 15) is 18.0 Å². The number of sulfonamides is 1. The number of benzene rings is 2. The highest BCUT2D eigenvalue weighted by molar-refractivity contribution is 7.89. The van der Waals surface area contributed by atoms with Crippen LogP contribution in [-0.4, -0.2) is 61.7 Å². The van der Waals surface area contributed by atoms with Gasteiger partial charge in [-0.05, 0) is 50.3 Å². The summed E-state index contributed by atoms with van der Waals surface area (Å²) in [6, 6.07) is 15.8. The van der Waals surface area contributed by atoms with E-state index in [1.165, 1.54) is 7.05 Å². The fourth-order valence-electron chi connectivity index (χ4n) is 4.52. The molecule has 0 bridgehead atoms. The predicted octanol–water partition coefficient (Wildman–Crippen LogP) is 3.52. The number of nitrogens with one attached hydrogen (secondary N) is 1. The number of carbonyl (C=O) groups is 2. The van der Waals surface area contributed by atoms with Crippen molar-refractivity contribution < 1.29 is 18.0 Å². The number of amides is 2. The second kappa shape index (κ2) is 12.3. The maximum absolute atomic E-state index is 13.5. The van der Waals surface area contributed by atoms with Gasteiger partial charge >= 0.3 is 0 Å². The summed E-state index contributed by atoms with van der Waals surface area (Å²) >= 11 is 0. The van der Waals surface area contributed by atoms with Gasteiger partial charge in [-0.25, -0.2) is 8.42 Å². The molecule has 1 aliphatic rings.